The summed E-state index contributed by atoms with van der Waals surface area (Å²) in [6, 6.07) is 9.35. The van der Waals surface area contributed by atoms with Gasteiger partial charge < -0.3 is 24.6 Å². The Hall–Kier alpha value is -4.38. The van der Waals surface area contributed by atoms with Crippen molar-refractivity contribution in [1.82, 2.24) is 5.32 Å². The lowest BCUT2D eigenvalue weighted by Crippen LogP contribution is -2.69. The van der Waals surface area contributed by atoms with E-state index in [-0.39, 0.29) is 51.9 Å². The summed E-state index contributed by atoms with van der Waals surface area (Å²) < 4.78 is 84.6. The second kappa shape index (κ2) is 12.5. The van der Waals surface area contributed by atoms with Gasteiger partial charge >= 0.3 is 12.3 Å². The number of fused-ring (bicyclic) bond motifs is 1. The minimum absolute atomic E-state index is 0.00506. The molecule has 1 fully saturated rings. The molecule has 17 heteroatoms. The third-order valence-electron chi connectivity index (χ3n) is 9.04. The number of nitrogens with one attached hydrogen (secondary N) is 1. The van der Waals surface area contributed by atoms with Crippen LogP contribution in [0.3, 0.4) is 0 Å². The quantitative estimate of drug-likeness (QED) is 0.249. The van der Waals surface area contributed by atoms with Crippen LogP contribution in [0, 0.1) is 0 Å². The van der Waals surface area contributed by atoms with E-state index in [1.165, 1.54) is 64.5 Å². The zero-order chi connectivity index (χ0) is 36.3. The van der Waals surface area contributed by atoms with Crippen molar-refractivity contribution >= 4 is 44.9 Å². The lowest BCUT2D eigenvalue weighted by atomic mass is 9.78. The molecule has 3 aromatic rings. The van der Waals surface area contributed by atoms with Crippen LogP contribution in [0.2, 0.25) is 5.02 Å². The number of benzene rings is 3. The molecule has 2 heterocycles. The number of aliphatic hydroxyl groups excluding tert-OH is 1. The lowest BCUT2D eigenvalue weighted by Gasteiger charge is -2.48. The normalized spacial score (nSPS) is 23.6. The smallest absolute Gasteiger partial charge is 0.497 e. The van der Waals surface area contributed by atoms with Crippen LogP contribution >= 0.6 is 11.6 Å². The Morgan fingerprint density at radius 1 is 1.04 bits per heavy atom. The minimum atomic E-state index is -5.34. The number of hydrogen-bond acceptors (Lipinski definition) is 9. The minimum Gasteiger partial charge on any atom is -0.497 e. The fourth-order valence-electron chi connectivity index (χ4n) is 6.99. The highest BCUT2D eigenvalue weighted by molar-refractivity contribution is 7.93. The molecule has 49 heavy (non-hydrogen) atoms. The molecule has 2 unspecified atom stereocenters. The van der Waals surface area contributed by atoms with Gasteiger partial charge in [0.15, 0.2) is 17.6 Å². The van der Waals surface area contributed by atoms with Gasteiger partial charge in [-0.05, 0) is 55.5 Å². The van der Waals surface area contributed by atoms with Gasteiger partial charge in [0.25, 0.3) is 15.9 Å². The number of carbonyl (C=O) groups is 3. The summed E-state index contributed by atoms with van der Waals surface area (Å²) in [6.07, 6.45) is -6.68. The number of ketones is 1. The predicted molar refractivity (Wildman–Crippen MR) is 169 cm³/mol. The van der Waals surface area contributed by atoms with Crippen LogP contribution in [-0.2, 0) is 25.2 Å². The molecule has 2 amide bonds. The molecular formula is C32H32ClF3N3O9S+. The molecule has 5 rings (SSSR count). The molecule has 2 aliphatic heterocycles. The second-order valence-corrected chi connectivity index (χ2v) is 13.9. The maximum atomic E-state index is 15.5. The number of Topliss-reactive ketones (excluding diaryl/α,β-unsaturated/α-hetero) is 1. The van der Waals surface area contributed by atoms with Crippen LogP contribution < -0.4 is 23.8 Å². The molecule has 1 saturated heterocycles. The number of likely N-dealkylation sites (tertiary alicyclic amines) is 1. The van der Waals surface area contributed by atoms with Gasteiger partial charge in [-0.15, -0.1) is 13.2 Å². The number of ether oxygens (including phenoxy) is 3. The van der Waals surface area contributed by atoms with Crippen LogP contribution in [0.15, 0.2) is 59.5 Å². The highest BCUT2D eigenvalue weighted by Gasteiger charge is 2.72. The number of hydrogen-bond donors (Lipinski definition) is 2. The SMILES string of the molecule is CNC(=O)[C@@H]1C[C@@H](O)C[N+]1(C)C1(c2cc(C(C)=O)ccc2OC)C(=O)N(S(=O)(=O)c2ccc(OC)cc2OC(F)(F)F)c2ccc(Cl)cc21. The molecule has 0 aromatic heterocycles. The molecule has 0 bridgehead atoms. The van der Waals surface area contributed by atoms with Crippen molar-refractivity contribution < 1.29 is 59.8 Å². The number of rotatable bonds is 9. The second-order valence-electron chi connectivity index (χ2n) is 11.7. The van der Waals surface area contributed by atoms with Crippen molar-refractivity contribution in [3.8, 4) is 17.2 Å². The molecule has 0 aliphatic carbocycles. The third kappa shape index (κ3) is 5.65. The number of aliphatic hydroxyl groups is 1. The van der Waals surface area contributed by atoms with Crippen molar-refractivity contribution in [2.24, 2.45) is 0 Å². The van der Waals surface area contributed by atoms with Gasteiger partial charge in [-0.1, -0.05) is 11.6 Å². The highest BCUT2D eigenvalue weighted by Crippen LogP contribution is 2.58. The van der Waals surface area contributed by atoms with E-state index in [9.17, 15) is 36.3 Å². The van der Waals surface area contributed by atoms with E-state index in [0.717, 1.165) is 19.2 Å². The molecule has 2 aliphatic rings. The maximum absolute atomic E-state index is 15.5. The van der Waals surface area contributed by atoms with E-state index in [2.05, 4.69) is 10.1 Å². The standard InChI is InChI=1S/C32H31ClF3N3O9S/c1-17(40)18-6-10-26(47-5)23(12-18)31(39(3)16-20(41)14-25(39)29(42)37-2)22-13-19(33)7-9-24(22)38(30(31)43)49(44,45)28-11-8-21(46-4)15-27(28)48-32(34,35)36/h6-13,15,20,25,41H,14,16H2,1-5H3/p+1/t20-,25+,31?,39?/m1/s1. The number of halogens is 4. The van der Waals surface area contributed by atoms with Gasteiger partial charge in [0.1, 0.15) is 29.0 Å². The number of amides is 2. The van der Waals surface area contributed by atoms with E-state index >= 15 is 4.79 Å². The third-order valence-corrected chi connectivity index (χ3v) is 11.0. The van der Waals surface area contributed by atoms with Gasteiger partial charge in [-0.3, -0.25) is 18.9 Å². The van der Waals surface area contributed by atoms with Crippen LogP contribution in [0.1, 0.15) is 34.8 Å². The predicted octanol–water partition coefficient (Wildman–Crippen LogP) is 3.76. The topological polar surface area (TPSA) is 149 Å². The molecule has 262 valence electrons. The van der Waals surface area contributed by atoms with E-state index in [1.54, 1.807) is 0 Å². The van der Waals surface area contributed by atoms with Crippen LogP contribution in [0.25, 0.3) is 0 Å². The van der Waals surface area contributed by atoms with E-state index in [0.29, 0.717) is 10.4 Å². The summed E-state index contributed by atoms with van der Waals surface area (Å²) in [6.45, 7) is 0.980. The summed E-state index contributed by atoms with van der Waals surface area (Å²) in [5, 5.41) is 13.6. The first-order chi connectivity index (χ1) is 22.9. The number of sulfonamides is 1. The van der Waals surface area contributed by atoms with Crippen molar-refractivity contribution in [3.63, 3.8) is 0 Å². The Labute approximate surface area is 284 Å². The number of alkyl halides is 3. The van der Waals surface area contributed by atoms with Crippen LogP contribution in [0.5, 0.6) is 17.2 Å². The summed E-state index contributed by atoms with van der Waals surface area (Å²) in [4.78, 5) is 40.7. The Balaban J connectivity index is 1.94. The van der Waals surface area contributed by atoms with Gasteiger partial charge in [-0.2, -0.15) is 4.31 Å². The van der Waals surface area contributed by atoms with Crippen LogP contribution in [-0.4, -0.2) is 89.0 Å². The number of nitrogens with zero attached hydrogens (tertiary/aromatic N) is 2. The molecule has 0 radical (unpaired) electrons. The number of quaternary nitrogens is 1. The summed E-state index contributed by atoms with van der Waals surface area (Å²) >= 11 is 6.50. The Morgan fingerprint density at radius 3 is 2.33 bits per heavy atom. The van der Waals surface area contributed by atoms with Gasteiger partial charge in [0.2, 0.25) is 5.54 Å². The van der Waals surface area contributed by atoms with Crippen molar-refractivity contribution in [3.05, 3.63) is 76.3 Å². The van der Waals surface area contributed by atoms with E-state index in [1.807, 2.05) is 0 Å². The van der Waals surface area contributed by atoms with Gasteiger partial charge in [0, 0.05) is 30.1 Å². The Kier molecular flexibility index (Phi) is 9.16. The Morgan fingerprint density at radius 2 is 1.73 bits per heavy atom. The first-order valence-electron chi connectivity index (χ1n) is 14.6. The number of anilines is 1. The average Bonchev–Trinajstić information content (AvgIpc) is 3.49. The molecule has 0 spiro atoms. The first-order valence-corrected chi connectivity index (χ1v) is 16.5. The fourth-order valence-corrected chi connectivity index (χ4v) is 8.72. The number of carbonyl (C=O) groups excluding carboxylic acids is 3. The highest BCUT2D eigenvalue weighted by atomic mass is 35.5. The van der Waals surface area contributed by atoms with E-state index in [4.69, 9.17) is 21.1 Å². The summed E-state index contributed by atoms with van der Waals surface area (Å²) in [5.41, 5.74) is -2.66. The van der Waals surface area contributed by atoms with Crippen molar-refractivity contribution in [2.45, 2.75) is 42.3 Å². The zero-order valence-electron chi connectivity index (χ0n) is 26.8. The zero-order valence-corrected chi connectivity index (χ0v) is 28.4. The molecule has 2 N–H and O–H groups in total. The number of likely N-dealkylation sites (N-methyl/N-ethyl adjacent to an activating group) is 2. The summed E-state index contributed by atoms with van der Waals surface area (Å²) in [7, 11) is -0.0466. The number of methoxy groups -OCH3 is 2. The van der Waals surface area contributed by atoms with Crippen molar-refractivity contribution in [2.75, 3.05) is 39.2 Å². The van der Waals surface area contributed by atoms with Crippen LogP contribution in [0.4, 0.5) is 18.9 Å². The molecule has 3 aromatic carbocycles. The van der Waals surface area contributed by atoms with E-state index < -0.39 is 66.8 Å². The molecule has 4 atom stereocenters. The largest absolute Gasteiger partial charge is 0.573 e. The molecule has 0 saturated carbocycles. The first kappa shape index (κ1) is 35.9. The fraction of sp³-hybridized carbons (Fsp3) is 0.344. The molecule has 12 nitrogen and oxygen atoms in total. The maximum Gasteiger partial charge on any atom is 0.573 e. The van der Waals surface area contributed by atoms with Crippen molar-refractivity contribution in [1.29, 1.82) is 0 Å². The van der Waals surface area contributed by atoms with Gasteiger partial charge in [0.05, 0.1) is 38.1 Å². The van der Waals surface area contributed by atoms with Gasteiger partial charge in [-0.25, -0.2) is 8.42 Å². The summed E-state index contributed by atoms with van der Waals surface area (Å²) in [5.74, 6) is -3.62. The monoisotopic (exact) mass is 726 g/mol. The average molecular weight is 727 g/mol. The Bertz CT molecular complexity index is 1980. The lowest BCUT2D eigenvalue weighted by molar-refractivity contribution is -0.953. The molecular weight excluding hydrogens is 695 g/mol.